The second-order valence-corrected chi connectivity index (χ2v) is 6.22. The largest absolute Gasteiger partial charge is 0.324 e. The van der Waals surface area contributed by atoms with Crippen LogP contribution in [0.2, 0.25) is 10.0 Å². The number of hydrogen-bond acceptors (Lipinski definition) is 2. The van der Waals surface area contributed by atoms with E-state index in [1.807, 2.05) is 12.1 Å². The number of nitrogens with two attached hydrogens (primary N) is 1. The zero-order valence-corrected chi connectivity index (χ0v) is 12.9. The van der Waals surface area contributed by atoms with E-state index >= 15 is 0 Å². The first-order valence-electron chi connectivity index (χ1n) is 6.08. The molecule has 19 heavy (non-hydrogen) atoms. The van der Waals surface area contributed by atoms with Crippen LogP contribution in [0.4, 0.5) is 0 Å². The molecule has 2 N–H and O–H groups in total. The monoisotopic (exact) mass is 311 g/mol. The Morgan fingerprint density at radius 2 is 1.79 bits per heavy atom. The van der Waals surface area contributed by atoms with Crippen LogP contribution in [0.5, 0.6) is 0 Å². The number of halogens is 2. The average Bonchev–Trinajstić information content (AvgIpc) is 2.43. The van der Waals surface area contributed by atoms with E-state index in [2.05, 4.69) is 31.2 Å². The molecule has 0 radical (unpaired) electrons. The first-order valence-corrected chi connectivity index (χ1v) is 7.66. The van der Waals surface area contributed by atoms with Crippen molar-refractivity contribution in [1.82, 2.24) is 0 Å². The molecule has 0 heterocycles. The lowest BCUT2D eigenvalue weighted by Crippen LogP contribution is -2.07. The maximum atomic E-state index is 6.15. The fourth-order valence-electron chi connectivity index (χ4n) is 1.70. The summed E-state index contributed by atoms with van der Waals surface area (Å²) in [5, 5.41) is 1.40. The van der Waals surface area contributed by atoms with Gasteiger partial charge in [0.25, 0.3) is 0 Å². The molecule has 0 aromatic heterocycles. The second kappa shape index (κ2) is 6.67. The average molecular weight is 312 g/mol. The molecule has 2 rings (SSSR count). The van der Waals surface area contributed by atoms with Crippen molar-refractivity contribution >= 4 is 35.0 Å². The minimum Gasteiger partial charge on any atom is -0.324 e. The highest BCUT2D eigenvalue weighted by Gasteiger charge is 2.06. The maximum Gasteiger partial charge on any atom is 0.0546 e. The standard InChI is InChI=1S/C15H15Cl2NS/c1-2-14(18)10-3-6-12(7-4-10)19-15-9-11(16)5-8-13(15)17/h3-9,14H,2,18H2,1H3. The van der Waals surface area contributed by atoms with Crippen LogP contribution in [0, 0.1) is 0 Å². The van der Waals surface area contributed by atoms with Crippen LogP contribution in [0.3, 0.4) is 0 Å². The van der Waals surface area contributed by atoms with Gasteiger partial charge in [-0.2, -0.15) is 0 Å². The normalized spacial score (nSPS) is 12.4. The van der Waals surface area contributed by atoms with Gasteiger partial charge in [-0.15, -0.1) is 0 Å². The van der Waals surface area contributed by atoms with E-state index in [1.54, 1.807) is 17.8 Å². The zero-order valence-electron chi connectivity index (χ0n) is 10.6. The topological polar surface area (TPSA) is 26.0 Å². The molecule has 1 nitrogen and oxygen atoms in total. The van der Waals surface area contributed by atoms with Crippen LogP contribution >= 0.6 is 35.0 Å². The SMILES string of the molecule is CCC(N)c1ccc(Sc2cc(Cl)ccc2Cl)cc1. The molecule has 2 aromatic carbocycles. The Morgan fingerprint density at radius 1 is 1.11 bits per heavy atom. The van der Waals surface area contributed by atoms with E-state index in [1.165, 1.54) is 0 Å². The third kappa shape index (κ3) is 3.90. The summed E-state index contributed by atoms with van der Waals surface area (Å²) in [5.41, 5.74) is 7.15. The predicted octanol–water partition coefficient (Wildman–Crippen LogP) is 5.55. The highest BCUT2D eigenvalue weighted by atomic mass is 35.5. The minimum atomic E-state index is 0.105. The van der Waals surface area contributed by atoms with Crippen molar-refractivity contribution in [3.8, 4) is 0 Å². The summed E-state index contributed by atoms with van der Waals surface area (Å²) in [4.78, 5) is 2.08. The summed E-state index contributed by atoms with van der Waals surface area (Å²) < 4.78 is 0. The Hall–Kier alpha value is -0.670. The predicted molar refractivity (Wildman–Crippen MR) is 84.2 cm³/mol. The first-order chi connectivity index (χ1) is 9.10. The molecule has 0 aliphatic rings. The Bertz CT molecular complexity index is 555. The lowest BCUT2D eigenvalue weighted by Gasteiger charge is -2.10. The Kier molecular flexibility index (Phi) is 5.17. The molecule has 0 amide bonds. The van der Waals surface area contributed by atoms with E-state index in [4.69, 9.17) is 28.9 Å². The van der Waals surface area contributed by atoms with Crippen LogP contribution in [0.15, 0.2) is 52.3 Å². The molecule has 0 aliphatic carbocycles. The van der Waals surface area contributed by atoms with Crippen molar-refractivity contribution in [1.29, 1.82) is 0 Å². The number of rotatable bonds is 4. The van der Waals surface area contributed by atoms with Gasteiger partial charge in [-0.3, -0.25) is 0 Å². The van der Waals surface area contributed by atoms with Gasteiger partial charge < -0.3 is 5.73 Å². The fraction of sp³-hybridized carbons (Fsp3) is 0.200. The number of hydrogen-bond donors (Lipinski definition) is 1. The summed E-state index contributed by atoms with van der Waals surface area (Å²) in [7, 11) is 0. The molecule has 0 fully saturated rings. The smallest absolute Gasteiger partial charge is 0.0546 e. The molecule has 4 heteroatoms. The fourth-order valence-corrected chi connectivity index (χ4v) is 3.05. The lowest BCUT2D eigenvalue weighted by atomic mass is 10.1. The third-order valence-electron chi connectivity index (χ3n) is 2.87. The van der Waals surface area contributed by atoms with Gasteiger partial charge in [-0.1, -0.05) is 54.0 Å². The van der Waals surface area contributed by atoms with Crippen molar-refractivity contribution in [2.75, 3.05) is 0 Å². The molecule has 2 aromatic rings. The van der Waals surface area contributed by atoms with Gasteiger partial charge >= 0.3 is 0 Å². The van der Waals surface area contributed by atoms with Gasteiger partial charge in [-0.25, -0.2) is 0 Å². The molecule has 1 atom stereocenters. The molecule has 1 unspecified atom stereocenters. The molecule has 0 saturated carbocycles. The first kappa shape index (κ1) is 14.7. The zero-order chi connectivity index (χ0) is 13.8. The highest BCUT2D eigenvalue weighted by Crippen LogP contribution is 2.35. The summed E-state index contributed by atoms with van der Waals surface area (Å²) in [6.07, 6.45) is 0.937. The quantitative estimate of drug-likeness (QED) is 0.800. The van der Waals surface area contributed by atoms with Crippen LogP contribution in [0.25, 0.3) is 0 Å². The molecule has 0 bridgehead atoms. The van der Waals surface area contributed by atoms with Gasteiger partial charge in [0.2, 0.25) is 0 Å². The molecule has 0 aliphatic heterocycles. The van der Waals surface area contributed by atoms with Gasteiger partial charge in [0.1, 0.15) is 0 Å². The van der Waals surface area contributed by atoms with Gasteiger partial charge in [-0.05, 0) is 42.3 Å². The molecule has 100 valence electrons. The van der Waals surface area contributed by atoms with Crippen LogP contribution in [-0.4, -0.2) is 0 Å². The summed E-state index contributed by atoms with van der Waals surface area (Å²) in [6.45, 7) is 2.08. The lowest BCUT2D eigenvalue weighted by molar-refractivity contribution is 0.698. The van der Waals surface area contributed by atoms with Gasteiger partial charge in [0, 0.05) is 20.9 Å². The maximum absolute atomic E-state index is 6.15. The third-order valence-corrected chi connectivity index (χ3v) is 4.61. The minimum absolute atomic E-state index is 0.105. The number of benzene rings is 2. The summed E-state index contributed by atoms with van der Waals surface area (Å²) in [5.74, 6) is 0. The molecule has 0 saturated heterocycles. The molecular weight excluding hydrogens is 297 g/mol. The van der Waals surface area contributed by atoms with Crippen LogP contribution in [0.1, 0.15) is 24.9 Å². The van der Waals surface area contributed by atoms with Crippen molar-refractivity contribution < 1.29 is 0 Å². The van der Waals surface area contributed by atoms with E-state index in [-0.39, 0.29) is 6.04 Å². The Balaban J connectivity index is 2.17. The Morgan fingerprint density at radius 3 is 2.42 bits per heavy atom. The van der Waals surface area contributed by atoms with Crippen LogP contribution in [-0.2, 0) is 0 Å². The van der Waals surface area contributed by atoms with E-state index < -0.39 is 0 Å². The summed E-state index contributed by atoms with van der Waals surface area (Å²) in [6, 6.07) is 13.8. The van der Waals surface area contributed by atoms with Gasteiger partial charge in [0.05, 0.1) is 5.02 Å². The summed E-state index contributed by atoms with van der Waals surface area (Å²) >= 11 is 13.7. The van der Waals surface area contributed by atoms with E-state index in [9.17, 15) is 0 Å². The molecule has 0 spiro atoms. The van der Waals surface area contributed by atoms with Crippen molar-refractivity contribution in [3.63, 3.8) is 0 Å². The highest BCUT2D eigenvalue weighted by molar-refractivity contribution is 7.99. The van der Waals surface area contributed by atoms with Crippen LogP contribution < -0.4 is 5.73 Å². The Labute approximate surface area is 128 Å². The van der Waals surface area contributed by atoms with Crippen molar-refractivity contribution in [3.05, 3.63) is 58.1 Å². The molecular formula is C15H15Cl2NS. The van der Waals surface area contributed by atoms with Crippen molar-refractivity contribution in [2.24, 2.45) is 5.73 Å². The van der Waals surface area contributed by atoms with E-state index in [0.29, 0.717) is 10.0 Å². The van der Waals surface area contributed by atoms with Crippen molar-refractivity contribution in [2.45, 2.75) is 29.2 Å². The van der Waals surface area contributed by atoms with E-state index in [0.717, 1.165) is 21.8 Å². The second-order valence-electron chi connectivity index (χ2n) is 4.26. The van der Waals surface area contributed by atoms with Gasteiger partial charge in [0.15, 0.2) is 0 Å².